The van der Waals surface area contributed by atoms with Crippen LogP contribution in [0.5, 0.6) is 5.75 Å². The zero-order valence-corrected chi connectivity index (χ0v) is 14.8. The Morgan fingerprint density at radius 2 is 1.88 bits per heavy atom. The maximum atomic E-state index is 12.5. The number of ether oxygens (including phenoxy) is 1. The lowest BCUT2D eigenvalue weighted by Crippen LogP contribution is -2.52. The van der Waals surface area contributed by atoms with Crippen LogP contribution in [0.2, 0.25) is 0 Å². The summed E-state index contributed by atoms with van der Waals surface area (Å²) < 4.78 is 7.00. The average molecular weight is 344 g/mol. The molecule has 1 saturated heterocycles. The van der Waals surface area contributed by atoms with E-state index in [1.165, 1.54) is 0 Å². The summed E-state index contributed by atoms with van der Waals surface area (Å²) in [6.45, 7) is 4.89. The normalized spacial score (nSPS) is 15.8. The molecule has 0 bridgehead atoms. The van der Waals surface area contributed by atoms with Gasteiger partial charge in [0.2, 0.25) is 0 Å². The second-order valence-corrected chi connectivity index (χ2v) is 6.14. The van der Waals surface area contributed by atoms with Gasteiger partial charge in [0, 0.05) is 38.9 Å². The molecule has 1 N–H and O–H groups in total. The van der Waals surface area contributed by atoms with Crippen molar-refractivity contribution in [3.8, 4) is 5.75 Å². The molecular formula is C17H24N6O2. The van der Waals surface area contributed by atoms with Crippen LogP contribution in [-0.2, 0) is 7.05 Å². The number of urea groups is 1. The van der Waals surface area contributed by atoms with Gasteiger partial charge in [-0.2, -0.15) is 0 Å². The number of aryl methyl sites for hydroxylation is 1. The van der Waals surface area contributed by atoms with Crippen LogP contribution < -0.4 is 15.0 Å². The first-order valence-electron chi connectivity index (χ1n) is 8.37. The molecule has 1 aliphatic rings. The van der Waals surface area contributed by atoms with Crippen LogP contribution in [0.1, 0.15) is 18.8 Å². The highest BCUT2D eigenvalue weighted by molar-refractivity contribution is 5.75. The monoisotopic (exact) mass is 344 g/mol. The molecular weight excluding hydrogens is 320 g/mol. The van der Waals surface area contributed by atoms with Crippen molar-refractivity contribution in [3.63, 3.8) is 0 Å². The summed E-state index contributed by atoms with van der Waals surface area (Å²) in [7, 11) is 3.53. The minimum absolute atomic E-state index is 0.0649. The van der Waals surface area contributed by atoms with Gasteiger partial charge in [-0.25, -0.2) is 4.79 Å². The van der Waals surface area contributed by atoms with E-state index < -0.39 is 0 Å². The number of piperazine rings is 1. The first-order chi connectivity index (χ1) is 12.1. The summed E-state index contributed by atoms with van der Waals surface area (Å²) in [5, 5.41) is 10.9. The van der Waals surface area contributed by atoms with Gasteiger partial charge in [-0.05, 0) is 31.2 Å². The third-order valence-corrected chi connectivity index (χ3v) is 4.48. The van der Waals surface area contributed by atoms with Crippen LogP contribution in [0.4, 0.5) is 10.5 Å². The topological polar surface area (TPSA) is 75.5 Å². The smallest absolute Gasteiger partial charge is 0.318 e. The zero-order valence-electron chi connectivity index (χ0n) is 14.8. The third kappa shape index (κ3) is 3.84. The highest BCUT2D eigenvalue weighted by Gasteiger charge is 2.23. The second-order valence-electron chi connectivity index (χ2n) is 6.14. The molecule has 1 aliphatic heterocycles. The molecule has 1 aromatic heterocycles. The lowest BCUT2D eigenvalue weighted by Gasteiger charge is -2.36. The average Bonchev–Trinajstić information content (AvgIpc) is 3.08. The number of aromatic nitrogens is 3. The van der Waals surface area contributed by atoms with Gasteiger partial charge in [-0.1, -0.05) is 0 Å². The van der Waals surface area contributed by atoms with Crippen molar-refractivity contribution in [2.45, 2.75) is 13.0 Å². The van der Waals surface area contributed by atoms with E-state index in [9.17, 15) is 4.79 Å². The molecule has 134 valence electrons. The van der Waals surface area contributed by atoms with Crippen molar-refractivity contribution >= 4 is 11.7 Å². The van der Waals surface area contributed by atoms with Gasteiger partial charge < -0.3 is 24.4 Å². The van der Waals surface area contributed by atoms with Gasteiger partial charge in [-0.3, -0.25) is 0 Å². The number of methoxy groups -OCH3 is 1. The number of nitrogens with one attached hydrogen (secondary N) is 1. The molecule has 0 saturated carbocycles. The number of rotatable bonds is 4. The van der Waals surface area contributed by atoms with Gasteiger partial charge in [0.1, 0.15) is 12.1 Å². The van der Waals surface area contributed by atoms with E-state index in [-0.39, 0.29) is 12.1 Å². The first kappa shape index (κ1) is 17.1. The predicted molar refractivity (Wildman–Crippen MR) is 94.7 cm³/mol. The molecule has 2 amide bonds. The molecule has 25 heavy (non-hydrogen) atoms. The molecule has 0 unspecified atom stereocenters. The first-order valence-corrected chi connectivity index (χ1v) is 8.37. The maximum absolute atomic E-state index is 12.5. The van der Waals surface area contributed by atoms with E-state index >= 15 is 0 Å². The predicted octanol–water partition coefficient (Wildman–Crippen LogP) is 1.42. The summed E-state index contributed by atoms with van der Waals surface area (Å²) in [6.07, 6.45) is 1.63. The van der Waals surface area contributed by atoms with E-state index in [1.54, 1.807) is 13.4 Å². The maximum Gasteiger partial charge on any atom is 0.318 e. The van der Waals surface area contributed by atoms with Crippen molar-refractivity contribution in [2.75, 3.05) is 38.2 Å². The lowest BCUT2D eigenvalue weighted by atomic mass is 10.2. The summed E-state index contributed by atoms with van der Waals surface area (Å²) in [6, 6.07) is 7.76. The standard InChI is InChI=1S/C17H24N6O2/c1-13(16-20-18-12-21(16)2)19-17(24)23-10-8-22(9-11-23)14-4-6-15(25-3)7-5-14/h4-7,12-13H,8-11H2,1-3H3,(H,19,24)/t13-/m1/s1. The molecule has 2 aromatic rings. The van der Waals surface area contributed by atoms with E-state index in [4.69, 9.17) is 4.74 Å². The number of benzene rings is 1. The van der Waals surface area contributed by atoms with Crippen molar-refractivity contribution in [1.82, 2.24) is 25.0 Å². The minimum Gasteiger partial charge on any atom is -0.497 e. The Kier molecular flexibility index (Phi) is 5.06. The van der Waals surface area contributed by atoms with E-state index in [0.29, 0.717) is 13.1 Å². The molecule has 2 heterocycles. The van der Waals surface area contributed by atoms with Gasteiger partial charge in [0.25, 0.3) is 0 Å². The van der Waals surface area contributed by atoms with Crippen LogP contribution in [0, 0.1) is 0 Å². The molecule has 1 atom stereocenters. The molecule has 1 fully saturated rings. The highest BCUT2D eigenvalue weighted by Crippen LogP contribution is 2.20. The van der Waals surface area contributed by atoms with Crippen molar-refractivity contribution in [2.24, 2.45) is 7.05 Å². The molecule has 0 radical (unpaired) electrons. The van der Waals surface area contributed by atoms with Crippen molar-refractivity contribution in [3.05, 3.63) is 36.4 Å². The van der Waals surface area contributed by atoms with Gasteiger partial charge >= 0.3 is 6.03 Å². The molecule has 0 spiro atoms. The Morgan fingerprint density at radius 3 is 2.44 bits per heavy atom. The van der Waals surface area contributed by atoms with Crippen LogP contribution >= 0.6 is 0 Å². The number of anilines is 1. The zero-order chi connectivity index (χ0) is 17.8. The minimum atomic E-state index is -0.181. The quantitative estimate of drug-likeness (QED) is 0.908. The Morgan fingerprint density at radius 1 is 1.20 bits per heavy atom. The fraction of sp³-hybridized carbons (Fsp3) is 0.471. The van der Waals surface area contributed by atoms with Crippen LogP contribution in [0.3, 0.4) is 0 Å². The Labute approximate surface area is 147 Å². The van der Waals surface area contributed by atoms with E-state index in [2.05, 4.69) is 20.4 Å². The van der Waals surface area contributed by atoms with Crippen LogP contribution in [-0.4, -0.2) is 59.0 Å². The summed E-state index contributed by atoms with van der Waals surface area (Å²) in [5.74, 6) is 1.59. The fourth-order valence-electron chi connectivity index (χ4n) is 2.99. The van der Waals surface area contributed by atoms with Gasteiger partial charge in [0.15, 0.2) is 5.82 Å². The van der Waals surface area contributed by atoms with E-state index in [0.717, 1.165) is 30.4 Å². The molecule has 3 rings (SSSR count). The number of hydrogen-bond acceptors (Lipinski definition) is 5. The molecule has 0 aliphatic carbocycles. The summed E-state index contributed by atoms with van der Waals surface area (Å²) in [5.41, 5.74) is 1.15. The summed E-state index contributed by atoms with van der Waals surface area (Å²) in [4.78, 5) is 16.6. The largest absolute Gasteiger partial charge is 0.497 e. The Hall–Kier alpha value is -2.77. The number of carbonyl (C=O) groups is 1. The van der Waals surface area contributed by atoms with Gasteiger partial charge in [0.05, 0.1) is 13.2 Å². The molecule has 8 nitrogen and oxygen atoms in total. The van der Waals surface area contributed by atoms with Crippen molar-refractivity contribution in [1.29, 1.82) is 0 Å². The number of carbonyl (C=O) groups excluding carboxylic acids is 1. The Bertz CT molecular complexity index is 706. The van der Waals surface area contributed by atoms with E-state index in [1.807, 2.05) is 47.7 Å². The van der Waals surface area contributed by atoms with Crippen LogP contribution in [0.25, 0.3) is 0 Å². The Balaban J connectivity index is 1.52. The fourth-order valence-corrected chi connectivity index (χ4v) is 2.99. The number of amides is 2. The highest BCUT2D eigenvalue weighted by atomic mass is 16.5. The summed E-state index contributed by atoms with van der Waals surface area (Å²) >= 11 is 0. The number of hydrogen-bond donors (Lipinski definition) is 1. The number of nitrogens with zero attached hydrogens (tertiary/aromatic N) is 5. The second kappa shape index (κ2) is 7.42. The SMILES string of the molecule is COc1ccc(N2CCN(C(=O)N[C@H](C)c3nncn3C)CC2)cc1. The van der Waals surface area contributed by atoms with Crippen LogP contribution in [0.15, 0.2) is 30.6 Å². The van der Waals surface area contributed by atoms with Crippen molar-refractivity contribution < 1.29 is 9.53 Å². The van der Waals surface area contributed by atoms with Gasteiger partial charge in [-0.15, -0.1) is 10.2 Å². The molecule has 8 heteroatoms. The molecule has 1 aromatic carbocycles. The lowest BCUT2D eigenvalue weighted by molar-refractivity contribution is 0.190. The third-order valence-electron chi connectivity index (χ3n) is 4.48.